The molecule has 28 heavy (non-hydrogen) atoms. The predicted octanol–water partition coefficient (Wildman–Crippen LogP) is 4.67. The molecule has 1 fully saturated rings. The number of ether oxygens (including phenoxy) is 2. The molecule has 0 atom stereocenters. The van der Waals surface area contributed by atoms with Crippen molar-refractivity contribution in [3.63, 3.8) is 0 Å². The number of nitrogens with zero attached hydrogens (tertiary/aromatic N) is 2. The number of aliphatic hydroxyl groups is 1. The molecule has 7 heteroatoms. The molecular weight excluding hydrogens is 360 g/mol. The van der Waals surface area contributed by atoms with Gasteiger partial charge in [-0.25, -0.2) is 14.6 Å². The van der Waals surface area contributed by atoms with Gasteiger partial charge in [-0.05, 0) is 78.0 Å². The fraction of sp³-hybridized carbons (Fsp3) is 0.571. The lowest BCUT2D eigenvalue weighted by Crippen LogP contribution is -2.44. The minimum atomic E-state index is -0.889. The molecular formula is C21H30N2O5. The molecule has 0 bridgehead atoms. The average molecular weight is 390 g/mol. The summed E-state index contributed by atoms with van der Waals surface area (Å²) in [4.78, 5) is 30.4. The van der Waals surface area contributed by atoms with Crippen molar-refractivity contribution in [1.29, 1.82) is 0 Å². The third-order valence-corrected chi connectivity index (χ3v) is 3.70. The third-order valence-electron chi connectivity index (χ3n) is 3.70. The summed E-state index contributed by atoms with van der Waals surface area (Å²) in [5.41, 5.74) is -0.494. The molecule has 0 aromatic carbocycles. The number of hydrogen-bond donors (Lipinski definition) is 1. The fourth-order valence-corrected chi connectivity index (χ4v) is 2.31. The predicted molar refractivity (Wildman–Crippen MR) is 107 cm³/mol. The Bertz CT molecular complexity index is 727. The summed E-state index contributed by atoms with van der Waals surface area (Å²) in [6, 6.07) is 3.26. The molecule has 1 N–H and O–H groups in total. The van der Waals surface area contributed by atoms with Gasteiger partial charge in [0, 0.05) is 0 Å². The molecule has 1 saturated carbocycles. The van der Waals surface area contributed by atoms with Gasteiger partial charge in [0.25, 0.3) is 0 Å². The average Bonchev–Trinajstić information content (AvgIpc) is 3.34. The first kappa shape index (κ1) is 21.9. The van der Waals surface area contributed by atoms with E-state index in [1.54, 1.807) is 53.7 Å². The third kappa shape index (κ3) is 6.64. The Balaban J connectivity index is 2.37. The topological polar surface area (TPSA) is 89.0 Å². The normalized spacial score (nSPS) is 14.8. The van der Waals surface area contributed by atoms with Crippen molar-refractivity contribution < 1.29 is 24.2 Å². The maximum absolute atomic E-state index is 12.7. The van der Waals surface area contributed by atoms with E-state index in [1.807, 2.05) is 6.08 Å². The molecule has 2 rings (SSSR count). The van der Waals surface area contributed by atoms with Gasteiger partial charge in [0.15, 0.2) is 0 Å². The van der Waals surface area contributed by atoms with E-state index in [1.165, 1.54) is 12.8 Å². The lowest BCUT2D eigenvalue weighted by molar-refractivity contribution is 0.0429. The summed E-state index contributed by atoms with van der Waals surface area (Å²) in [6.07, 6.45) is 4.54. The molecule has 7 nitrogen and oxygen atoms in total. The highest BCUT2D eigenvalue weighted by atomic mass is 16.6. The Morgan fingerprint density at radius 2 is 1.64 bits per heavy atom. The number of hydrogen-bond acceptors (Lipinski definition) is 6. The zero-order valence-corrected chi connectivity index (χ0v) is 17.5. The van der Waals surface area contributed by atoms with Gasteiger partial charge in [-0.15, -0.1) is 0 Å². The molecule has 0 saturated heterocycles. The van der Waals surface area contributed by atoms with Crippen LogP contribution in [0.1, 0.15) is 65.6 Å². The smallest absolute Gasteiger partial charge is 0.425 e. The summed E-state index contributed by atoms with van der Waals surface area (Å²) in [6.45, 7) is 9.90. The minimum absolute atomic E-state index is 0.0381. The largest absolute Gasteiger partial charge is 0.443 e. The second-order valence-corrected chi connectivity index (χ2v) is 8.86. The van der Waals surface area contributed by atoms with Crippen LogP contribution in [0.25, 0.3) is 6.08 Å². The van der Waals surface area contributed by atoms with Crippen molar-refractivity contribution in [3.05, 3.63) is 29.5 Å². The zero-order chi connectivity index (χ0) is 21.1. The lowest BCUT2D eigenvalue weighted by atomic mass is 10.1. The van der Waals surface area contributed by atoms with Crippen LogP contribution in [0.2, 0.25) is 0 Å². The van der Waals surface area contributed by atoms with Gasteiger partial charge >= 0.3 is 12.2 Å². The van der Waals surface area contributed by atoms with Crippen LogP contribution in [0.4, 0.5) is 15.4 Å². The Labute approximate surface area is 166 Å². The van der Waals surface area contributed by atoms with Crippen molar-refractivity contribution in [2.75, 3.05) is 4.90 Å². The Morgan fingerprint density at radius 3 is 2.07 bits per heavy atom. The number of carbonyl (C=O) groups is 2. The number of rotatable bonds is 4. The summed E-state index contributed by atoms with van der Waals surface area (Å²) in [5, 5.41) is 9.71. The number of carbonyl (C=O) groups excluding carboxylic acids is 2. The highest BCUT2D eigenvalue weighted by Crippen LogP contribution is 2.31. The number of aromatic nitrogens is 1. The van der Waals surface area contributed by atoms with Crippen LogP contribution in [0.5, 0.6) is 0 Å². The van der Waals surface area contributed by atoms with E-state index in [0.29, 0.717) is 11.6 Å². The summed E-state index contributed by atoms with van der Waals surface area (Å²) in [7, 11) is 0. The Hall–Kier alpha value is -2.41. The number of imide groups is 1. The highest BCUT2D eigenvalue weighted by molar-refractivity contribution is 6.08. The second kappa shape index (κ2) is 8.31. The first-order valence-electron chi connectivity index (χ1n) is 9.45. The number of amides is 2. The molecule has 1 heterocycles. The van der Waals surface area contributed by atoms with Crippen LogP contribution < -0.4 is 4.90 Å². The van der Waals surface area contributed by atoms with E-state index < -0.39 is 23.4 Å². The van der Waals surface area contributed by atoms with E-state index in [4.69, 9.17) is 9.47 Å². The lowest BCUT2D eigenvalue weighted by Gasteiger charge is -2.28. The van der Waals surface area contributed by atoms with Crippen molar-refractivity contribution in [2.45, 2.75) is 72.2 Å². The Kier molecular flexibility index (Phi) is 6.49. The summed E-state index contributed by atoms with van der Waals surface area (Å²) < 4.78 is 10.7. The molecule has 1 aromatic rings. The highest BCUT2D eigenvalue weighted by Gasteiger charge is 2.33. The van der Waals surface area contributed by atoms with Gasteiger partial charge in [0.2, 0.25) is 0 Å². The maximum atomic E-state index is 12.7. The standard InChI is InChI=1S/C21H30N2O5/c1-20(2,3)27-18(25)23(19(26)28-21(4,5)6)17-12-11-15(16(13-24)22-17)10-9-14-7-8-14/h9-12,14,24H,7-8,13H2,1-6H3/b10-9+. The van der Waals surface area contributed by atoms with Crippen molar-refractivity contribution in [3.8, 4) is 0 Å². The Morgan fingerprint density at radius 1 is 1.11 bits per heavy atom. The van der Waals surface area contributed by atoms with Crippen LogP contribution >= 0.6 is 0 Å². The first-order valence-corrected chi connectivity index (χ1v) is 9.45. The molecule has 0 aliphatic heterocycles. The second-order valence-electron chi connectivity index (χ2n) is 8.86. The monoisotopic (exact) mass is 390 g/mol. The van der Waals surface area contributed by atoms with E-state index in [9.17, 15) is 14.7 Å². The quantitative estimate of drug-likeness (QED) is 0.803. The van der Waals surface area contributed by atoms with Crippen LogP contribution in [-0.2, 0) is 16.1 Å². The SMILES string of the molecule is CC(C)(C)OC(=O)N(C(=O)OC(C)(C)C)c1ccc(/C=C/C2CC2)c(CO)n1. The van der Waals surface area contributed by atoms with Crippen LogP contribution in [0, 0.1) is 5.92 Å². The summed E-state index contributed by atoms with van der Waals surface area (Å²) in [5.74, 6) is 0.613. The van der Waals surface area contributed by atoms with Gasteiger partial charge in [0.1, 0.15) is 17.0 Å². The van der Waals surface area contributed by atoms with Gasteiger partial charge in [-0.2, -0.15) is 4.90 Å². The molecule has 0 radical (unpaired) electrons. The van der Waals surface area contributed by atoms with Crippen LogP contribution in [0.3, 0.4) is 0 Å². The van der Waals surface area contributed by atoms with Crippen LogP contribution in [0.15, 0.2) is 18.2 Å². The zero-order valence-electron chi connectivity index (χ0n) is 17.5. The van der Waals surface area contributed by atoms with E-state index in [0.717, 1.165) is 10.5 Å². The molecule has 1 aliphatic carbocycles. The van der Waals surface area contributed by atoms with Gasteiger partial charge in [0.05, 0.1) is 12.3 Å². The van der Waals surface area contributed by atoms with E-state index in [2.05, 4.69) is 11.1 Å². The number of anilines is 1. The van der Waals surface area contributed by atoms with Crippen molar-refractivity contribution in [2.24, 2.45) is 5.92 Å². The van der Waals surface area contributed by atoms with E-state index in [-0.39, 0.29) is 12.4 Å². The van der Waals surface area contributed by atoms with Gasteiger partial charge in [-0.1, -0.05) is 12.2 Å². The van der Waals surface area contributed by atoms with E-state index >= 15 is 0 Å². The molecule has 2 amide bonds. The van der Waals surface area contributed by atoms with Crippen molar-refractivity contribution >= 4 is 24.1 Å². The fourth-order valence-electron chi connectivity index (χ4n) is 2.31. The first-order chi connectivity index (χ1) is 12.9. The molecule has 0 unspecified atom stereocenters. The van der Waals surface area contributed by atoms with Gasteiger partial charge in [-0.3, -0.25) is 0 Å². The number of aliphatic hydroxyl groups excluding tert-OH is 1. The van der Waals surface area contributed by atoms with Crippen LogP contribution in [-0.4, -0.2) is 33.5 Å². The minimum Gasteiger partial charge on any atom is -0.443 e. The molecule has 154 valence electrons. The van der Waals surface area contributed by atoms with Crippen molar-refractivity contribution in [1.82, 2.24) is 4.98 Å². The van der Waals surface area contributed by atoms with Gasteiger partial charge < -0.3 is 14.6 Å². The molecule has 1 aliphatic rings. The summed E-state index contributed by atoms with van der Waals surface area (Å²) >= 11 is 0. The molecule has 1 aromatic heterocycles. The number of pyridine rings is 1. The molecule has 0 spiro atoms. The number of allylic oxidation sites excluding steroid dienone is 1. The maximum Gasteiger partial charge on any atom is 0.425 e.